The second-order valence-corrected chi connectivity index (χ2v) is 6.80. The van der Waals surface area contributed by atoms with Crippen LogP contribution in [-0.2, 0) is 14.3 Å². The number of hydrogen-bond acceptors (Lipinski definition) is 5. The minimum absolute atomic E-state index is 0.166. The van der Waals surface area contributed by atoms with Crippen LogP contribution in [0.3, 0.4) is 0 Å². The first kappa shape index (κ1) is 14.0. The highest BCUT2D eigenvalue weighted by molar-refractivity contribution is 5.91. The first-order chi connectivity index (χ1) is 9.24. The van der Waals surface area contributed by atoms with Gasteiger partial charge in [0, 0.05) is 24.3 Å². The lowest BCUT2D eigenvalue weighted by atomic mass is 9.79. The summed E-state index contributed by atoms with van der Waals surface area (Å²) in [5.41, 5.74) is -0.230. The average Bonchev–Trinajstić information content (AvgIpc) is 2.79. The number of hydrogen-bond donors (Lipinski definition) is 2. The number of esters is 1. The van der Waals surface area contributed by atoms with Gasteiger partial charge >= 0.3 is 5.97 Å². The lowest BCUT2D eigenvalue weighted by molar-refractivity contribution is -0.250. The fourth-order valence-electron chi connectivity index (χ4n) is 3.89. The minimum atomic E-state index is -1.19. The smallest absolute Gasteiger partial charge is 0.334 e. The molecule has 0 amide bonds. The summed E-state index contributed by atoms with van der Waals surface area (Å²) in [5, 5.41) is 21.2. The van der Waals surface area contributed by atoms with Crippen LogP contribution in [0.4, 0.5) is 0 Å². The Balaban J connectivity index is 1.96. The van der Waals surface area contributed by atoms with Gasteiger partial charge < -0.3 is 19.7 Å². The maximum absolute atomic E-state index is 11.7. The second kappa shape index (κ2) is 4.29. The maximum atomic E-state index is 11.7. The average molecular weight is 282 g/mol. The number of rotatable bonds is 0. The highest BCUT2D eigenvalue weighted by Gasteiger charge is 2.55. The van der Waals surface area contributed by atoms with Gasteiger partial charge in [0.05, 0.1) is 17.6 Å². The molecule has 0 spiro atoms. The van der Waals surface area contributed by atoms with Crippen molar-refractivity contribution in [3.05, 3.63) is 12.2 Å². The minimum Gasteiger partial charge on any atom is -0.458 e. The molecule has 3 aliphatic rings. The van der Waals surface area contributed by atoms with E-state index >= 15 is 0 Å². The molecule has 0 radical (unpaired) electrons. The fourth-order valence-corrected chi connectivity index (χ4v) is 3.89. The van der Waals surface area contributed by atoms with Crippen molar-refractivity contribution in [3.8, 4) is 0 Å². The van der Waals surface area contributed by atoms with Crippen molar-refractivity contribution in [2.75, 3.05) is 0 Å². The summed E-state index contributed by atoms with van der Waals surface area (Å²) < 4.78 is 11.2. The lowest BCUT2D eigenvalue weighted by Gasteiger charge is -2.33. The molecule has 20 heavy (non-hydrogen) atoms. The Morgan fingerprint density at radius 2 is 2.10 bits per heavy atom. The Morgan fingerprint density at radius 1 is 1.40 bits per heavy atom. The van der Waals surface area contributed by atoms with Gasteiger partial charge in [0.15, 0.2) is 5.79 Å². The molecule has 3 saturated heterocycles. The molecule has 0 aromatic rings. The Labute approximate surface area is 118 Å². The van der Waals surface area contributed by atoms with Crippen LogP contribution in [0.25, 0.3) is 0 Å². The van der Waals surface area contributed by atoms with Crippen LogP contribution in [0.5, 0.6) is 0 Å². The van der Waals surface area contributed by atoms with Gasteiger partial charge in [-0.3, -0.25) is 0 Å². The molecule has 6 atom stereocenters. The largest absolute Gasteiger partial charge is 0.458 e. The molecule has 2 N–H and O–H groups in total. The third-order valence-electron chi connectivity index (χ3n) is 5.17. The Kier molecular flexibility index (Phi) is 3.01. The molecule has 5 nitrogen and oxygen atoms in total. The highest BCUT2D eigenvalue weighted by Crippen LogP contribution is 2.48. The summed E-state index contributed by atoms with van der Waals surface area (Å²) in [6.45, 7) is 7.56. The zero-order valence-corrected chi connectivity index (χ0v) is 12.0. The van der Waals surface area contributed by atoms with E-state index in [1.807, 2.05) is 13.8 Å². The van der Waals surface area contributed by atoms with Crippen molar-refractivity contribution in [3.63, 3.8) is 0 Å². The van der Waals surface area contributed by atoms with Gasteiger partial charge in [0.2, 0.25) is 0 Å². The summed E-state index contributed by atoms with van der Waals surface area (Å²) in [5.74, 6) is -2.19. The standard InChI is InChI=1S/C15H22O5/c1-8-6-11-12(9(2)13(17)19-11)10(16)7-14(3)4-5-15(8,18)20-14/h8,10-12,16,18H,2,4-7H2,1,3H3/t8-,10+,11+,12+,14-,15-/m0/s1. The van der Waals surface area contributed by atoms with Crippen LogP contribution in [0.2, 0.25) is 0 Å². The molecule has 3 heterocycles. The first-order valence-corrected chi connectivity index (χ1v) is 7.24. The summed E-state index contributed by atoms with van der Waals surface area (Å²) in [6, 6.07) is 0. The number of aliphatic hydroxyl groups excluding tert-OH is 1. The zero-order chi connectivity index (χ0) is 14.7. The number of ether oxygens (including phenoxy) is 2. The maximum Gasteiger partial charge on any atom is 0.334 e. The van der Waals surface area contributed by atoms with Gasteiger partial charge in [-0.15, -0.1) is 0 Å². The summed E-state index contributed by atoms with van der Waals surface area (Å²) >= 11 is 0. The Hall–Kier alpha value is -0.910. The van der Waals surface area contributed by atoms with Gasteiger partial charge in [-0.1, -0.05) is 13.5 Å². The van der Waals surface area contributed by atoms with Gasteiger partial charge in [0.25, 0.3) is 0 Å². The first-order valence-electron chi connectivity index (χ1n) is 7.24. The molecular weight excluding hydrogens is 260 g/mol. The van der Waals surface area contributed by atoms with Crippen molar-refractivity contribution >= 4 is 5.97 Å². The number of carbonyl (C=O) groups excluding carboxylic acids is 1. The molecule has 0 aromatic carbocycles. The van der Waals surface area contributed by atoms with Gasteiger partial charge in [-0.2, -0.15) is 0 Å². The monoisotopic (exact) mass is 282 g/mol. The van der Waals surface area contributed by atoms with Gasteiger partial charge in [-0.05, 0) is 19.8 Å². The number of fused-ring (bicyclic) bond motifs is 3. The van der Waals surface area contributed by atoms with E-state index < -0.39 is 35.5 Å². The molecule has 3 fully saturated rings. The molecule has 0 aliphatic carbocycles. The zero-order valence-electron chi connectivity index (χ0n) is 12.0. The topological polar surface area (TPSA) is 76.0 Å². The van der Waals surface area contributed by atoms with E-state index in [-0.39, 0.29) is 5.92 Å². The fraction of sp³-hybridized carbons (Fsp3) is 0.800. The number of carbonyl (C=O) groups is 1. The predicted octanol–water partition coefficient (Wildman–Crippen LogP) is 1.13. The predicted molar refractivity (Wildman–Crippen MR) is 70.6 cm³/mol. The van der Waals surface area contributed by atoms with E-state index in [9.17, 15) is 15.0 Å². The van der Waals surface area contributed by atoms with E-state index in [1.165, 1.54) is 0 Å². The number of aliphatic hydroxyl groups is 2. The Bertz CT molecular complexity index is 461. The van der Waals surface area contributed by atoms with Crippen LogP contribution < -0.4 is 0 Å². The van der Waals surface area contributed by atoms with Crippen molar-refractivity contribution < 1.29 is 24.5 Å². The molecule has 0 aromatic heterocycles. The molecule has 3 aliphatic heterocycles. The molecule has 112 valence electrons. The van der Waals surface area contributed by atoms with Crippen LogP contribution >= 0.6 is 0 Å². The lowest BCUT2D eigenvalue weighted by Crippen LogP contribution is -2.40. The van der Waals surface area contributed by atoms with E-state index in [4.69, 9.17) is 9.47 Å². The summed E-state index contributed by atoms with van der Waals surface area (Å²) in [4.78, 5) is 11.7. The molecule has 0 unspecified atom stereocenters. The van der Waals surface area contributed by atoms with Crippen LogP contribution in [0, 0.1) is 11.8 Å². The molecule has 2 bridgehead atoms. The molecular formula is C15H22O5. The summed E-state index contributed by atoms with van der Waals surface area (Å²) in [6.07, 6.45) is 0.928. The normalized spacial score (nSPS) is 52.0. The van der Waals surface area contributed by atoms with Crippen molar-refractivity contribution in [2.24, 2.45) is 11.8 Å². The van der Waals surface area contributed by atoms with Crippen LogP contribution in [0.15, 0.2) is 12.2 Å². The molecule has 0 saturated carbocycles. The van der Waals surface area contributed by atoms with E-state index in [2.05, 4.69) is 6.58 Å². The highest BCUT2D eigenvalue weighted by atomic mass is 16.6. The van der Waals surface area contributed by atoms with E-state index in [0.717, 1.165) is 0 Å². The summed E-state index contributed by atoms with van der Waals surface area (Å²) in [7, 11) is 0. The third-order valence-corrected chi connectivity index (χ3v) is 5.17. The van der Waals surface area contributed by atoms with Crippen LogP contribution in [0.1, 0.15) is 39.5 Å². The van der Waals surface area contributed by atoms with Gasteiger partial charge in [-0.25, -0.2) is 4.79 Å². The Morgan fingerprint density at radius 3 is 2.80 bits per heavy atom. The van der Waals surface area contributed by atoms with Gasteiger partial charge in [0.1, 0.15) is 6.10 Å². The van der Waals surface area contributed by atoms with Crippen molar-refractivity contribution in [1.29, 1.82) is 0 Å². The molecule has 5 heteroatoms. The van der Waals surface area contributed by atoms with E-state index in [0.29, 0.717) is 31.3 Å². The SMILES string of the molecule is C=C1C(=O)O[C@@H]2C[C@H](C)[C@]3(O)CC[C@@](C)(C[C@@H](O)[C@@H]12)O3. The second-order valence-electron chi connectivity index (χ2n) is 6.80. The van der Waals surface area contributed by atoms with Crippen molar-refractivity contribution in [2.45, 2.75) is 63.1 Å². The third kappa shape index (κ3) is 2.00. The van der Waals surface area contributed by atoms with E-state index in [1.54, 1.807) is 0 Å². The quantitative estimate of drug-likeness (QED) is 0.514. The van der Waals surface area contributed by atoms with Crippen molar-refractivity contribution in [1.82, 2.24) is 0 Å². The molecule has 3 rings (SSSR count). The van der Waals surface area contributed by atoms with Crippen LogP contribution in [-0.4, -0.2) is 39.8 Å².